The van der Waals surface area contributed by atoms with E-state index in [2.05, 4.69) is 34.6 Å². The van der Waals surface area contributed by atoms with Gasteiger partial charge in [-0.2, -0.15) is 0 Å². The first-order valence-electron chi connectivity index (χ1n) is 40.6. The highest BCUT2D eigenvalue weighted by molar-refractivity contribution is 7.47. The number of aliphatic hydroxyl groups excluding tert-OH is 1. The van der Waals surface area contributed by atoms with Gasteiger partial charge >= 0.3 is 39.5 Å². The summed E-state index contributed by atoms with van der Waals surface area (Å²) in [6.07, 6.45) is 61.1. The Morgan fingerprint density at radius 3 is 0.701 bits per heavy atom. The van der Waals surface area contributed by atoms with E-state index in [0.717, 1.165) is 95.8 Å². The third-order valence-electron chi connectivity index (χ3n) is 18.3. The molecule has 0 bridgehead atoms. The van der Waals surface area contributed by atoms with Gasteiger partial charge in [0.2, 0.25) is 0 Å². The first-order chi connectivity index (χ1) is 47.0. The molecule has 0 aromatic rings. The average molecular weight is 1420 g/mol. The predicted octanol–water partition coefficient (Wildman–Crippen LogP) is 23.3. The van der Waals surface area contributed by atoms with Crippen LogP contribution in [0.25, 0.3) is 0 Å². The highest BCUT2D eigenvalue weighted by atomic mass is 31.2. The molecule has 0 aromatic carbocycles. The molecule has 19 heteroatoms. The second-order valence-electron chi connectivity index (χ2n) is 28.6. The van der Waals surface area contributed by atoms with Crippen molar-refractivity contribution in [2.75, 3.05) is 39.6 Å². The van der Waals surface area contributed by atoms with Crippen LogP contribution in [0.5, 0.6) is 0 Å². The lowest BCUT2D eigenvalue weighted by Crippen LogP contribution is -2.30. The van der Waals surface area contributed by atoms with E-state index < -0.39 is 97.5 Å². The topological polar surface area (TPSA) is 237 Å². The molecule has 5 atom stereocenters. The van der Waals surface area contributed by atoms with Gasteiger partial charge in [0.1, 0.15) is 19.3 Å². The minimum atomic E-state index is -4.96. The predicted molar refractivity (Wildman–Crippen MR) is 395 cm³/mol. The molecule has 0 aliphatic rings. The molecule has 0 aliphatic carbocycles. The monoisotopic (exact) mass is 1420 g/mol. The minimum absolute atomic E-state index is 0.107. The summed E-state index contributed by atoms with van der Waals surface area (Å²) in [6, 6.07) is 0. The molecule has 0 saturated carbocycles. The summed E-state index contributed by atoms with van der Waals surface area (Å²) in [5, 5.41) is 10.6. The SMILES string of the molecule is CCCCCCCCCCCCCCCCCCCCCCCC(=O)O[C@H](COC(=O)CCCCCCCCCCCCCCCC(C)C)COP(=O)(O)OC[C@@H](O)COP(=O)(O)OC[C@@H](COC(=O)CCCCCCCCCCC)OC(=O)CCCCCCCCCCCCC. The van der Waals surface area contributed by atoms with Gasteiger partial charge in [0, 0.05) is 25.7 Å². The maximum atomic E-state index is 13.1. The number of hydrogen-bond acceptors (Lipinski definition) is 15. The van der Waals surface area contributed by atoms with Gasteiger partial charge in [0.05, 0.1) is 26.4 Å². The van der Waals surface area contributed by atoms with Crippen LogP contribution in [0.1, 0.15) is 413 Å². The maximum Gasteiger partial charge on any atom is 0.472 e. The number of carbonyl (C=O) groups is 4. The summed E-state index contributed by atoms with van der Waals surface area (Å²) in [4.78, 5) is 72.8. The summed E-state index contributed by atoms with van der Waals surface area (Å²) >= 11 is 0. The number of carbonyl (C=O) groups excluding carboxylic acids is 4. The molecule has 97 heavy (non-hydrogen) atoms. The van der Waals surface area contributed by atoms with Gasteiger partial charge < -0.3 is 33.8 Å². The molecule has 2 unspecified atom stereocenters. The Kier molecular flexibility index (Phi) is 69.6. The molecule has 576 valence electrons. The molecule has 0 aromatic heterocycles. The minimum Gasteiger partial charge on any atom is -0.462 e. The van der Waals surface area contributed by atoms with Crippen LogP contribution in [-0.2, 0) is 65.4 Å². The maximum absolute atomic E-state index is 13.1. The fourth-order valence-corrected chi connectivity index (χ4v) is 13.6. The third-order valence-corrected chi connectivity index (χ3v) is 20.2. The van der Waals surface area contributed by atoms with E-state index in [9.17, 15) is 43.2 Å². The fourth-order valence-electron chi connectivity index (χ4n) is 12.1. The van der Waals surface area contributed by atoms with Crippen molar-refractivity contribution >= 4 is 39.5 Å². The van der Waals surface area contributed by atoms with Crippen molar-refractivity contribution in [2.24, 2.45) is 5.92 Å². The quantitative estimate of drug-likeness (QED) is 0.0222. The lowest BCUT2D eigenvalue weighted by atomic mass is 10.0. The first kappa shape index (κ1) is 95.1. The molecule has 0 amide bonds. The molecule has 0 spiro atoms. The van der Waals surface area contributed by atoms with Gasteiger partial charge in [-0.05, 0) is 31.6 Å². The molecule has 0 saturated heterocycles. The number of unbranched alkanes of at least 4 members (excludes halogenated alkanes) is 50. The van der Waals surface area contributed by atoms with Crippen molar-refractivity contribution in [3.63, 3.8) is 0 Å². The molecule has 17 nitrogen and oxygen atoms in total. The van der Waals surface area contributed by atoms with Gasteiger partial charge in [0.25, 0.3) is 0 Å². The van der Waals surface area contributed by atoms with Crippen molar-refractivity contribution in [3.8, 4) is 0 Å². The Balaban J connectivity index is 5.19. The van der Waals surface area contributed by atoms with E-state index in [1.807, 2.05) is 0 Å². The number of esters is 4. The zero-order valence-electron chi connectivity index (χ0n) is 63.2. The highest BCUT2D eigenvalue weighted by Gasteiger charge is 2.30. The number of ether oxygens (including phenoxy) is 4. The van der Waals surface area contributed by atoms with Crippen molar-refractivity contribution in [2.45, 2.75) is 432 Å². The van der Waals surface area contributed by atoms with Crippen LogP contribution in [0.3, 0.4) is 0 Å². The molecular weight excluding hydrogens is 1270 g/mol. The standard InChI is InChI=1S/C78H152O17P2/c1-6-9-12-15-18-21-23-24-25-26-27-28-29-30-31-34-39-44-49-54-59-64-78(83)95-74(68-89-76(81)62-57-52-47-42-38-35-32-33-37-41-45-50-55-60-71(4)5)70-93-97(86,87)91-66-72(79)65-90-96(84,85)92-69-73(67-88-75(80)61-56-51-46-40-20-17-14-11-8-3)94-77(82)63-58-53-48-43-36-22-19-16-13-10-7-2/h71-74,79H,6-70H2,1-5H3,(H,84,85)(H,86,87)/t72-,73+,74+/m0/s1. The highest BCUT2D eigenvalue weighted by Crippen LogP contribution is 2.45. The van der Waals surface area contributed by atoms with E-state index in [4.69, 9.17) is 37.0 Å². The van der Waals surface area contributed by atoms with Crippen LogP contribution in [0, 0.1) is 5.92 Å². The number of aliphatic hydroxyl groups is 1. The van der Waals surface area contributed by atoms with Crippen molar-refractivity contribution in [1.82, 2.24) is 0 Å². The Morgan fingerprint density at radius 1 is 0.278 bits per heavy atom. The van der Waals surface area contributed by atoms with Crippen molar-refractivity contribution in [1.29, 1.82) is 0 Å². The van der Waals surface area contributed by atoms with E-state index >= 15 is 0 Å². The molecule has 0 aliphatic heterocycles. The largest absolute Gasteiger partial charge is 0.472 e. The molecule has 0 fully saturated rings. The van der Waals surface area contributed by atoms with E-state index in [1.54, 1.807) is 0 Å². The Labute approximate surface area is 594 Å². The molecule has 0 radical (unpaired) electrons. The molecular formula is C78H152O17P2. The zero-order chi connectivity index (χ0) is 71.2. The van der Waals surface area contributed by atoms with Crippen molar-refractivity contribution < 1.29 is 80.2 Å². The summed E-state index contributed by atoms with van der Waals surface area (Å²) in [5.41, 5.74) is 0. The van der Waals surface area contributed by atoms with E-state index in [-0.39, 0.29) is 25.7 Å². The number of hydrogen-bond donors (Lipinski definition) is 3. The summed E-state index contributed by atoms with van der Waals surface area (Å²) < 4.78 is 68.5. The summed E-state index contributed by atoms with van der Waals surface area (Å²) in [6.45, 7) is 7.30. The van der Waals surface area contributed by atoms with Crippen LogP contribution in [0.2, 0.25) is 0 Å². The average Bonchev–Trinajstić information content (AvgIpc) is 1.59. The Bertz CT molecular complexity index is 1860. The van der Waals surface area contributed by atoms with Gasteiger partial charge in [0.15, 0.2) is 12.2 Å². The van der Waals surface area contributed by atoms with Crippen LogP contribution >= 0.6 is 15.6 Å². The van der Waals surface area contributed by atoms with Crippen LogP contribution in [0.4, 0.5) is 0 Å². The zero-order valence-corrected chi connectivity index (χ0v) is 65.0. The summed E-state index contributed by atoms with van der Waals surface area (Å²) in [5.74, 6) is -1.32. The Hall–Kier alpha value is -1.94. The smallest absolute Gasteiger partial charge is 0.462 e. The van der Waals surface area contributed by atoms with Crippen molar-refractivity contribution in [3.05, 3.63) is 0 Å². The van der Waals surface area contributed by atoms with Gasteiger partial charge in [-0.15, -0.1) is 0 Å². The lowest BCUT2D eigenvalue weighted by Gasteiger charge is -2.21. The molecule has 3 N–H and O–H groups in total. The lowest BCUT2D eigenvalue weighted by molar-refractivity contribution is -0.161. The van der Waals surface area contributed by atoms with Crippen LogP contribution < -0.4 is 0 Å². The first-order valence-corrected chi connectivity index (χ1v) is 43.6. The van der Waals surface area contributed by atoms with E-state index in [1.165, 1.54) is 238 Å². The van der Waals surface area contributed by atoms with Crippen LogP contribution in [-0.4, -0.2) is 96.7 Å². The molecule has 0 heterocycles. The fraction of sp³-hybridized carbons (Fsp3) is 0.949. The number of rotatable bonds is 78. The van der Waals surface area contributed by atoms with Gasteiger partial charge in [-0.3, -0.25) is 37.3 Å². The number of phosphoric ester groups is 2. The normalized spacial score (nSPS) is 13.9. The number of phosphoric acid groups is 2. The summed E-state index contributed by atoms with van der Waals surface area (Å²) in [7, 11) is -9.91. The van der Waals surface area contributed by atoms with Gasteiger partial charge in [-0.25, -0.2) is 9.13 Å². The Morgan fingerprint density at radius 2 is 0.474 bits per heavy atom. The van der Waals surface area contributed by atoms with E-state index in [0.29, 0.717) is 25.7 Å². The van der Waals surface area contributed by atoms with Crippen LogP contribution in [0.15, 0.2) is 0 Å². The second kappa shape index (κ2) is 71.1. The third kappa shape index (κ3) is 72.2. The molecule has 0 rings (SSSR count). The van der Waals surface area contributed by atoms with Gasteiger partial charge in [-0.1, -0.05) is 362 Å². The second-order valence-corrected chi connectivity index (χ2v) is 31.5.